The van der Waals surface area contributed by atoms with Gasteiger partial charge in [0.05, 0.1) is 18.3 Å². The highest BCUT2D eigenvalue weighted by Gasteiger charge is 2.11. The van der Waals surface area contributed by atoms with Gasteiger partial charge >= 0.3 is 5.97 Å². The summed E-state index contributed by atoms with van der Waals surface area (Å²) in [6, 6.07) is 15.0. The molecule has 2 rings (SSSR count). The maximum absolute atomic E-state index is 12.7. The lowest BCUT2D eigenvalue weighted by atomic mass is 10.0. The first-order chi connectivity index (χ1) is 23.6. The van der Waals surface area contributed by atoms with Crippen LogP contribution in [0.4, 0.5) is 0 Å². The normalized spacial score (nSPS) is 11.9. The molecule has 48 heavy (non-hydrogen) atoms. The van der Waals surface area contributed by atoms with Crippen LogP contribution in [-0.2, 0) is 4.74 Å². The monoisotopic (exact) mass is 665 g/mol. The molecule has 1 atom stereocenters. The van der Waals surface area contributed by atoms with E-state index in [-0.39, 0.29) is 12.1 Å². The fourth-order valence-corrected chi connectivity index (χ4v) is 6.27. The maximum Gasteiger partial charge on any atom is 0.343 e. The van der Waals surface area contributed by atoms with Gasteiger partial charge in [-0.3, -0.25) is 0 Å². The van der Waals surface area contributed by atoms with Crippen molar-refractivity contribution < 1.29 is 19.0 Å². The van der Waals surface area contributed by atoms with Gasteiger partial charge in [-0.2, -0.15) is 0 Å². The van der Waals surface area contributed by atoms with Gasteiger partial charge in [-0.25, -0.2) is 4.79 Å². The highest BCUT2D eigenvalue weighted by atomic mass is 16.5. The van der Waals surface area contributed by atoms with Crippen LogP contribution < -0.4 is 9.47 Å². The molecule has 4 nitrogen and oxygen atoms in total. The minimum Gasteiger partial charge on any atom is -0.494 e. The summed E-state index contributed by atoms with van der Waals surface area (Å²) in [6.07, 6.45) is 33.7. The summed E-state index contributed by atoms with van der Waals surface area (Å²) in [5.41, 5.74) is 1.62. The first-order valence-electron chi connectivity index (χ1n) is 20.3. The molecule has 0 aromatic heterocycles. The van der Waals surface area contributed by atoms with Crippen LogP contribution in [0.2, 0.25) is 0 Å². The lowest BCUT2D eigenvalue weighted by molar-refractivity contribution is 0.0627. The second-order valence-corrected chi connectivity index (χ2v) is 14.0. The predicted molar refractivity (Wildman–Crippen MR) is 204 cm³/mol. The van der Waals surface area contributed by atoms with Crippen LogP contribution in [0.3, 0.4) is 0 Å². The Balaban J connectivity index is 1.49. The van der Waals surface area contributed by atoms with Gasteiger partial charge in [-0.1, -0.05) is 174 Å². The van der Waals surface area contributed by atoms with Crippen molar-refractivity contribution in [2.45, 2.75) is 187 Å². The van der Waals surface area contributed by atoms with E-state index >= 15 is 0 Å². The van der Waals surface area contributed by atoms with Gasteiger partial charge in [0.15, 0.2) is 0 Å². The molecule has 4 heteroatoms. The summed E-state index contributed by atoms with van der Waals surface area (Å²) >= 11 is 0. The minimum atomic E-state index is -0.359. The summed E-state index contributed by atoms with van der Waals surface area (Å²) in [5.74, 6) is 0.979. The molecule has 0 fully saturated rings. The molecule has 0 heterocycles. The van der Waals surface area contributed by atoms with E-state index in [4.69, 9.17) is 14.2 Å². The fraction of sp³-hybridized carbons (Fsp3) is 0.705. The molecule has 0 aliphatic heterocycles. The number of unbranched alkanes of at least 4 members (excludes halogenated alkanes) is 23. The molecule has 0 aliphatic rings. The van der Waals surface area contributed by atoms with Gasteiger partial charge in [0.2, 0.25) is 0 Å². The SMILES string of the molecule is CCCCCCCCCCCCCCCCOC(C)c1ccc(OC(=O)c2ccc(OCCCCCCCCCCCCC)cc2)cc1. The Labute approximate surface area is 296 Å². The average Bonchev–Trinajstić information content (AvgIpc) is 3.11. The number of carbonyl (C=O) groups excluding carboxylic acids is 1. The Hall–Kier alpha value is -2.33. The third kappa shape index (κ3) is 21.6. The molecule has 0 N–H and O–H groups in total. The van der Waals surface area contributed by atoms with Gasteiger partial charge in [0, 0.05) is 6.61 Å². The van der Waals surface area contributed by atoms with Crippen molar-refractivity contribution in [1.29, 1.82) is 0 Å². The summed E-state index contributed by atoms with van der Waals surface area (Å²) < 4.78 is 17.6. The Morgan fingerprint density at radius 2 is 0.854 bits per heavy atom. The number of esters is 1. The van der Waals surface area contributed by atoms with E-state index in [2.05, 4.69) is 20.8 Å². The number of carbonyl (C=O) groups is 1. The highest BCUT2D eigenvalue weighted by molar-refractivity contribution is 5.91. The van der Waals surface area contributed by atoms with Crippen molar-refractivity contribution in [3.05, 3.63) is 59.7 Å². The first-order valence-corrected chi connectivity index (χ1v) is 20.3. The molecule has 0 saturated heterocycles. The second kappa shape index (κ2) is 29.6. The molecule has 2 aromatic rings. The van der Waals surface area contributed by atoms with Crippen molar-refractivity contribution >= 4 is 5.97 Å². The zero-order valence-electron chi connectivity index (χ0n) is 31.4. The molecule has 0 amide bonds. The minimum absolute atomic E-state index is 0.0226. The Morgan fingerprint density at radius 1 is 0.479 bits per heavy atom. The molecule has 0 spiro atoms. The van der Waals surface area contributed by atoms with Crippen LogP contribution in [0.5, 0.6) is 11.5 Å². The van der Waals surface area contributed by atoms with Crippen molar-refractivity contribution in [3.8, 4) is 11.5 Å². The van der Waals surface area contributed by atoms with Crippen molar-refractivity contribution in [3.63, 3.8) is 0 Å². The summed E-state index contributed by atoms with van der Waals surface area (Å²) in [4.78, 5) is 12.7. The lowest BCUT2D eigenvalue weighted by Gasteiger charge is -2.14. The van der Waals surface area contributed by atoms with E-state index in [1.54, 1.807) is 12.1 Å². The van der Waals surface area contributed by atoms with E-state index in [9.17, 15) is 4.79 Å². The lowest BCUT2D eigenvalue weighted by Crippen LogP contribution is -2.09. The summed E-state index contributed by atoms with van der Waals surface area (Å²) in [7, 11) is 0. The average molecular weight is 665 g/mol. The predicted octanol–water partition coefficient (Wildman–Crippen LogP) is 14.2. The van der Waals surface area contributed by atoms with Crippen molar-refractivity contribution in [2.75, 3.05) is 13.2 Å². The highest BCUT2D eigenvalue weighted by Crippen LogP contribution is 2.22. The van der Waals surface area contributed by atoms with Gasteiger partial charge in [0.1, 0.15) is 11.5 Å². The molecule has 272 valence electrons. The van der Waals surface area contributed by atoms with Crippen LogP contribution in [0.15, 0.2) is 48.5 Å². The van der Waals surface area contributed by atoms with Crippen molar-refractivity contribution in [2.24, 2.45) is 0 Å². The topological polar surface area (TPSA) is 44.8 Å². The largest absolute Gasteiger partial charge is 0.494 e. The Bertz CT molecular complexity index is 1000. The molecule has 0 radical (unpaired) electrons. The Morgan fingerprint density at radius 3 is 1.29 bits per heavy atom. The van der Waals surface area contributed by atoms with Gasteiger partial charge in [-0.05, 0) is 61.7 Å². The molecule has 0 aliphatic carbocycles. The molecular formula is C44H72O4. The maximum atomic E-state index is 12.7. The third-order valence-corrected chi connectivity index (χ3v) is 9.53. The number of benzene rings is 2. The van der Waals surface area contributed by atoms with E-state index in [1.165, 1.54) is 148 Å². The van der Waals surface area contributed by atoms with Crippen LogP contribution in [0.25, 0.3) is 0 Å². The van der Waals surface area contributed by atoms with Gasteiger partial charge in [0.25, 0.3) is 0 Å². The molecule has 2 aromatic carbocycles. The smallest absolute Gasteiger partial charge is 0.343 e. The third-order valence-electron chi connectivity index (χ3n) is 9.53. The Kier molecular flexibility index (Phi) is 25.8. The fourth-order valence-electron chi connectivity index (χ4n) is 6.27. The molecule has 1 unspecified atom stereocenters. The zero-order chi connectivity index (χ0) is 34.3. The van der Waals surface area contributed by atoms with Crippen LogP contribution in [-0.4, -0.2) is 19.2 Å². The summed E-state index contributed by atoms with van der Waals surface area (Å²) in [5, 5.41) is 0. The number of ether oxygens (including phenoxy) is 3. The van der Waals surface area contributed by atoms with Crippen molar-refractivity contribution in [1.82, 2.24) is 0 Å². The molecule has 0 saturated carbocycles. The summed E-state index contributed by atoms with van der Waals surface area (Å²) in [6.45, 7) is 8.15. The number of hydrogen-bond acceptors (Lipinski definition) is 4. The second-order valence-electron chi connectivity index (χ2n) is 14.0. The standard InChI is InChI=1S/C44H72O4/c1-4-6-8-10-12-14-16-17-18-20-21-23-25-27-37-46-39(3)40-29-35-43(36-30-40)48-44(45)41-31-33-42(34-32-41)47-38-28-26-24-22-19-15-13-11-9-7-5-2/h29-36,39H,4-28,37-38H2,1-3H3. The van der Waals surface area contributed by atoms with Crippen LogP contribution >= 0.6 is 0 Å². The van der Waals surface area contributed by atoms with Gasteiger partial charge < -0.3 is 14.2 Å². The molecule has 0 bridgehead atoms. The van der Waals surface area contributed by atoms with E-state index in [0.29, 0.717) is 11.3 Å². The first kappa shape index (κ1) is 41.8. The van der Waals surface area contributed by atoms with E-state index in [0.717, 1.165) is 37.4 Å². The molecular weight excluding hydrogens is 592 g/mol. The van der Waals surface area contributed by atoms with Crippen LogP contribution in [0.1, 0.15) is 203 Å². The zero-order valence-corrected chi connectivity index (χ0v) is 31.4. The quantitative estimate of drug-likeness (QED) is 0.0443. The van der Waals surface area contributed by atoms with E-state index in [1.807, 2.05) is 36.4 Å². The number of hydrogen-bond donors (Lipinski definition) is 0. The van der Waals surface area contributed by atoms with Gasteiger partial charge in [-0.15, -0.1) is 0 Å². The number of rotatable bonds is 32. The van der Waals surface area contributed by atoms with Crippen LogP contribution in [0, 0.1) is 0 Å². The van der Waals surface area contributed by atoms with E-state index < -0.39 is 0 Å².